The van der Waals surface area contributed by atoms with Crippen LogP contribution >= 0.6 is 7.37 Å². The van der Waals surface area contributed by atoms with Gasteiger partial charge in [-0.15, -0.1) is 0 Å². The van der Waals surface area contributed by atoms with Crippen molar-refractivity contribution in [1.82, 2.24) is 5.32 Å². The number of aliphatic hydroxyl groups is 1. The summed E-state index contributed by atoms with van der Waals surface area (Å²) in [5.41, 5.74) is -2.35. The Bertz CT molecular complexity index is 1310. The average molecular weight is 668 g/mol. The van der Waals surface area contributed by atoms with Crippen LogP contribution in [0.1, 0.15) is 83.6 Å². The van der Waals surface area contributed by atoms with E-state index in [4.69, 9.17) is 9.26 Å². The number of benzene rings is 2. The van der Waals surface area contributed by atoms with E-state index >= 15 is 0 Å². The highest BCUT2D eigenvalue weighted by molar-refractivity contribution is 7.62. The molecule has 0 aromatic heterocycles. The van der Waals surface area contributed by atoms with Crippen LogP contribution in [0.2, 0.25) is 0 Å². The molecule has 45 heavy (non-hydrogen) atoms. The molecule has 2 N–H and O–H groups in total. The van der Waals surface area contributed by atoms with Crippen LogP contribution in [0.15, 0.2) is 42.5 Å². The second kappa shape index (κ2) is 14.5. The van der Waals surface area contributed by atoms with Gasteiger partial charge in [0.25, 0.3) is 0 Å². The van der Waals surface area contributed by atoms with Gasteiger partial charge < -0.3 is 19.7 Å². The Morgan fingerprint density at radius 2 is 1.40 bits per heavy atom. The summed E-state index contributed by atoms with van der Waals surface area (Å²) < 4.78 is 106. The van der Waals surface area contributed by atoms with Gasteiger partial charge in [0.15, 0.2) is 0 Å². The van der Waals surface area contributed by atoms with Gasteiger partial charge in [0.2, 0.25) is 13.3 Å². The highest BCUT2D eigenvalue weighted by atomic mass is 31.2. The van der Waals surface area contributed by atoms with E-state index in [0.717, 1.165) is 18.2 Å². The van der Waals surface area contributed by atoms with Crippen molar-refractivity contribution in [3.63, 3.8) is 0 Å². The lowest BCUT2D eigenvalue weighted by Gasteiger charge is -2.43. The van der Waals surface area contributed by atoms with Gasteiger partial charge in [-0.2, -0.15) is 26.3 Å². The molecular formula is C32H44F6NO5P. The van der Waals surface area contributed by atoms with E-state index in [-0.39, 0.29) is 38.0 Å². The summed E-state index contributed by atoms with van der Waals surface area (Å²) in [5, 5.41) is 11.5. The summed E-state index contributed by atoms with van der Waals surface area (Å²) in [4.78, 5) is 12.1. The van der Waals surface area contributed by atoms with Crippen molar-refractivity contribution in [1.29, 1.82) is 0 Å². The number of hydrogen-bond acceptors (Lipinski definition) is 5. The second-order valence-electron chi connectivity index (χ2n) is 13.3. The minimum atomic E-state index is -4.75. The number of alkyl halides is 6. The lowest BCUT2D eigenvalue weighted by molar-refractivity contribution is -0.139. The van der Waals surface area contributed by atoms with Crippen molar-refractivity contribution < 1.29 is 50.1 Å². The molecule has 0 heterocycles. The third-order valence-electron chi connectivity index (χ3n) is 7.42. The van der Waals surface area contributed by atoms with E-state index < -0.39 is 65.0 Å². The van der Waals surface area contributed by atoms with Gasteiger partial charge in [-0.3, -0.25) is 9.36 Å². The molecule has 0 saturated heterocycles. The molecule has 254 valence electrons. The van der Waals surface area contributed by atoms with Gasteiger partial charge >= 0.3 is 12.4 Å². The standard InChI is InChI=1S/C32H44F6NO5P/c1-22(41)39-30(20-40,21-44-45(42,28(2,3)4)29(5,6)7)17-16-24-12-15-27(26(19-24)32(36,37)38)43-18-8-9-23-10-13-25(14-11-23)31(33,34)35/h10-15,19,40H,8-9,16-18,20-21H2,1-7H3,(H,39,41). The van der Waals surface area contributed by atoms with Gasteiger partial charge in [0.05, 0.1) is 36.5 Å². The van der Waals surface area contributed by atoms with E-state index in [0.29, 0.717) is 12.0 Å². The number of carbonyl (C=O) groups excluding carboxylic acids is 1. The number of aliphatic hydroxyl groups excluding tert-OH is 1. The van der Waals surface area contributed by atoms with E-state index in [2.05, 4.69) is 5.32 Å². The molecule has 0 aliphatic rings. The number of amides is 1. The first-order valence-corrected chi connectivity index (χ1v) is 16.2. The molecule has 2 aromatic carbocycles. The monoisotopic (exact) mass is 667 g/mol. The van der Waals surface area contributed by atoms with Gasteiger partial charge in [-0.25, -0.2) is 0 Å². The summed E-state index contributed by atoms with van der Waals surface area (Å²) in [5.74, 6) is -0.890. The number of carbonyl (C=O) groups is 1. The molecule has 0 aliphatic heterocycles. The van der Waals surface area contributed by atoms with E-state index in [1.165, 1.54) is 31.2 Å². The topological polar surface area (TPSA) is 84.9 Å². The van der Waals surface area contributed by atoms with Gasteiger partial charge in [-0.1, -0.05) is 59.7 Å². The summed E-state index contributed by atoms with van der Waals surface area (Å²) in [6.07, 6.45) is -8.63. The Morgan fingerprint density at radius 3 is 1.87 bits per heavy atom. The van der Waals surface area contributed by atoms with E-state index in [1.807, 2.05) is 0 Å². The molecule has 0 spiro atoms. The van der Waals surface area contributed by atoms with Crippen molar-refractivity contribution in [3.05, 3.63) is 64.7 Å². The second-order valence-corrected chi connectivity index (χ2v) is 17.3. The van der Waals surface area contributed by atoms with E-state index in [9.17, 15) is 40.8 Å². The average Bonchev–Trinajstić information content (AvgIpc) is 2.90. The molecule has 2 rings (SSSR count). The van der Waals surface area contributed by atoms with Crippen molar-refractivity contribution in [2.45, 2.75) is 102 Å². The first-order valence-electron chi connectivity index (χ1n) is 14.6. The Morgan fingerprint density at radius 1 is 0.844 bits per heavy atom. The predicted molar refractivity (Wildman–Crippen MR) is 162 cm³/mol. The molecular weight excluding hydrogens is 623 g/mol. The number of rotatable bonds is 13. The Labute approximate surface area is 261 Å². The van der Waals surface area contributed by atoms with Crippen LogP contribution in [0.25, 0.3) is 0 Å². The minimum Gasteiger partial charge on any atom is -0.493 e. The van der Waals surface area contributed by atoms with Gasteiger partial charge in [-0.05, 0) is 61.1 Å². The zero-order chi connectivity index (χ0) is 34.5. The Kier molecular flexibility index (Phi) is 12.4. The molecule has 0 fully saturated rings. The number of nitrogens with one attached hydrogen (secondary N) is 1. The quantitative estimate of drug-likeness (QED) is 0.127. The fraction of sp³-hybridized carbons (Fsp3) is 0.594. The first kappa shape index (κ1) is 38.6. The predicted octanol–water partition coefficient (Wildman–Crippen LogP) is 8.43. The van der Waals surface area contributed by atoms with Crippen LogP contribution in [0, 0.1) is 0 Å². The maximum Gasteiger partial charge on any atom is 0.419 e. The van der Waals surface area contributed by atoms with Crippen LogP contribution in [0.5, 0.6) is 5.75 Å². The maximum atomic E-state index is 14.0. The van der Waals surface area contributed by atoms with Crippen LogP contribution in [0.3, 0.4) is 0 Å². The maximum absolute atomic E-state index is 14.0. The lowest BCUT2D eigenvalue weighted by Crippen LogP contribution is -2.54. The van der Waals surface area contributed by atoms with Crippen molar-refractivity contribution >= 4 is 13.3 Å². The Balaban J connectivity index is 2.19. The summed E-state index contributed by atoms with van der Waals surface area (Å²) in [6, 6.07) is 8.13. The summed E-state index contributed by atoms with van der Waals surface area (Å²) in [7, 11) is -3.39. The van der Waals surface area contributed by atoms with Crippen LogP contribution in [-0.4, -0.2) is 46.7 Å². The van der Waals surface area contributed by atoms with Crippen molar-refractivity contribution in [3.8, 4) is 5.75 Å². The van der Waals surface area contributed by atoms with Gasteiger partial charge in [0.1, 0.15) is 5.75 Å². The first-order chi connectivity index (χ1) is 20.4. The smallest absolute Gasteiger partial charge is 0.419 e. The zero-order valence-electron chi connectivity index (χ0n) is 26.8. The number of halogens is 6. The SMILES string of the molecule is CC(=O)NC(CO)(CCc1ccc(OCCCc2ccc(C(F)(F)F)cc2)c(C(F)(F)F)c1)COP(=O)(C(C)(C)C)C(C)(C)C. The number of ether oxygens (including phenoxy) is 1. The number of hydrogen-bond donors (Lipinski definition) is 2. The lowest BCUT2D eigenvalue weighted by atomic mass is 9.92. The normalized spacial score (nSPS) is 14.6. The third-order valence-corrected chi connectivity index (χ3v) is 11.4. The molecule has 0 saturated carbocycles. The van der Waals surface area contributed by atoms with E-state index in [1.54, 1.807) is 41.5 Å². The van der Waals surface area contributed by atoms with Crippen molar-refractivity contribution in [2.75, 3.05) is 19.8 Å². The minimum absolute atomic E-state index is 0.0107. The zero-order valence-corrected chi connectivity index (χ0v) is 27.7. The molecule has 1 unspecified atom stereocenters. The van der Waals surface area contributed by atoms with Crippen molar-refractivity contribution in [2.24, 2.45) is 0 Å². The largest absolute Gasteiger partial charge is 0.493 e. The Hall–Kier alpha value is -2.56. The fourth-order valence-corrected chi connectivity index (χ4v) is 8.31. The molecule has 1 amide bonds. The molecule has 6 nitrogen and oxygen atoms in total. The van der Waals surface area contributed by atoms with Crippen LogP contribution in [0.4, 0.5) is 26.3 Å². The molecule has 13 heteroatoms. The molecule has 0 aliphatic carbocycles. The highest BCUT2D eigenvalue weighted by Crippen LogP contribution is 2.67. The van der Waals surface area contributed by atoms with Gasteiger partial charge in [0, 0.05) is 17.2 Å². The fourth-order valence-electron chi connectivity index (χ4n) is 5.10. The summed E-state index contributed by atoms with van der Waals surface area (Å²) >= 11 is 0. The molecule has 1 atom stereocenters. The third kappa shape index (κ3) is 10.5. The van der Waals surface area contributed by atoms with Crippen LogP contribution < -0.4 is 10.1 Å². The van der Waals surface area contributed by atoms with Crippen LogP contribution in [-0.2, 0) is 39.1 Å². The summed E-state index contributed by atoms with van der Waals surface area (Å²) in [6.45, 7) is 10.9. The highest BCUT2D eigenvalue weighted by Gasteiger charge is 2.49. The number of aryl methyl sites for hydroxylation is 2. The molecule has 0 radical (unpaired) electrons. The molecule has 2 aromatic rings. The molecule has 0 bridgehead atoms.